The van der Waals surface area contributed by atoms with Crippen molar-refractivity contribution in [3.8, 4) is 0 Å². The van der Waals surface area contributed by atoms with Crippen LogP contribution < -0.4 is 10.2 Å². The molecule has 0 fully saturated rings. The Labute approximate surface area is 118 Å². The van der Waals surface area contributed by atoms with E-state index < -0.39 is 0 Å². The molecular weight excluding hydrogens is 234 g/mol. The van der Waals surface area contributed by atoms with Gasteiger partial charge in [-0.25, -0.2) is 4.98 Å². The Morgan fingerprint density at radius 3 is 2.53 bits per heavy atom. The van der Waals surface area contributed by atoms with Gasteiger partial charge in [0.1, 0.15) is 5.82 Å². The van der Waals surface area contributed by atoms with Gasteiger partial charge in [0.05, 0.1) is 0 Å². The Morgan fingerprint density at radius 1 is 1.26 bits per heavy atom. The predicted molar refractivity (Wildman–Crippen MR) is 83.7 cm³/mol. The van der Waals surface area contributed by atoms with Gasteiger partial charge in [-0.3, -0.25) is 0 Å². The van der Waals surface area contributed by atoms with Crippen LogP contribution in [0.25, 0.3) is 0 Å². The van der Waals surface area contributed by atoms with Crippen LogP contribution in [-0.2, 0) is 6.54 Å². The van der Waals surface area contributed by atoms with Crippen LogP contribution in [0.1, 0.15) is 51.7 Å². The third-order valence-electron chi connectivity index (χ3n) is 3.22. The maximum absolute atomic E-state index is 4.68. The maximum Gasteiger partial charge on any atom is 0.131 e. The summed E-state index contributed by atoms with van der Waals surface area (Å²) in [5, 5.41) is 3.42. The summed E-state index contributed by atoms with van der Waals surface area (Å²) in [7, 11) is 0. The summed E-state index contributed by atoms with van der Waals surface area (Å²) < 4.78 is 0. The normalized spacial score (nSPS) is 11.1. The van der Waals surface area contributed by atoms with Crippen molar-refractivity contribution in [3.63, 3.8) is 0 Å². The highest BCUT2D eigenvalue weighted by Crippen LogP contribution is 2.20. The van der Waals surface area contributed by atoms with Crippen molar-refractivity contribution in [3.05, 3.63) is 23.4 Å². The molecule has 0 saturated carbocycles. The number of rotatable bonds is 8. The van der Waals surface area contributed by atoms with Crippen molar-refractivity contribution in [1.29, 1.82) is 0 Å². The van der Waals surface area contributed by atoms with E-state index in [4.69, 9.17) is 0 Å². The Hall–Kier alpha value is -1.09. The quantitative estimate of drug-likeness (QED) is 0.727. The third-order valence-corrected chi connectivity index (χ3v) is 3.22. The van der Waals surface area contributed by atoms with Gasteiger partial charge >= 0.3 is 0 Å². The van der Waals surface area contributed by atoms with Gasteiger partial charge in [0, 0.05) is 25.3 Å². The van der Waals surface area contributed by atoms with E-state index in [9.17, 15) is 0 Å². The molecule has 108 valence electrons. The average Bonchev–Trinajstić information content (AvgIpc) is 2.37. The molecule has 0 aliphatic carbocycles. The van der Waals surface area contributed by atoms with Crippen molar-refractivity contribution < 1.29 is 0 Å². The number of nitrogens with zero attached hydrogens (tertiary/aromatic N) is 2. The molecule has 0 aromatic carbocycles. The largest absolute Gasteiger partial charge is 0.354 e. The van der Waals surface area contributed by atoms with E-state index in [0.29, 0.717) is 6.04 Å². The minimum Gasteiger partial charge on any atom is -0.354 e. The van der Waals surface area contributed by atoms with Gasteiger partial charge in [0.25, 0.3) is 0 Å². The lowest BCUT2D eigenvalue weighted by Crippen LogP contribution is -2.32. The van der Waals surface area contributed by atoms with E-state index in [1.54, 1.807) is 0 Å². The van der Waals surface area contributed by atoms with E-state index >= 15 is 0 Å². The molecule has 1 aromatic rings. The molecule has 0 atom stereocenters. The molecule has 0 radical (unpaired) electrons. The first-order chi connectivity index (χ1) is 9.10. The number of anilines is 1. The molecule has 0 saturated heterocycles. The molecule has 0 bridgehead atoms. The summed E-state index contributed by atoms with van der Waals surface area (Å²) in [6.45, 7) is 14.1. The van der Waals surface area contributed by atoms with Gasteiger partial charge in [-0.15, -0.1) is 0 Å². The number of nitrogens with one attached hydrogen (secondary N) is 1. The molecule has 0 spiro atoms. The Balaban J connectivity index is 2.80. The zero-order valence-electron chi connectivity index (χ0n) is 13.2. The number of aryl methyl sites for hydroxylation is 1. The van der Waals surface area contributed by atoms with E-state index in [2.05, 4.69) is 55.9 Å². The highest BCUT2D eigenvalue weighted by molar-refractivity contribution is 5.48. The van der Waals surface area contributed by atoms with Crippen molar-refractivity contribution >= 4 is 5.82 Å². The van der Waals surface area contributed by atoms with Crippen LogP contribution in [0.3, 0.4) is 0 Å². The fraction of sp³-hybridized carbons (Fsp3) is 0.688. The number of hydrogen-bond acceptors (Lipinski definition) is 3. The summed E-state index contributed by atoms with van der Waals surface area (Å²) in [4.78, 5) is 7.07. The zero-order chi connectivity index (χ0) is 14.3. The molecule has 1 aromatic heterocycles. The van der Waals surface area contributed by atoms with Crippen LogP contribution in [0.5, 0.6) is 0 Å². The first kappa shape index (κ1) is 16.0. The zero-order valence-corrected chi connectivity index (χ0v) is 13.2. The predicted octanol–water partition coefficient (Wildman–Crippen LogP) is 3.51. The summed E-state index contributed by atoms with van der Waals surface area (Å²) in [6, 6.07) is 2.76. The Bertz CT molecular complexity index is 374. The second-order valence-electron chi connectivity index (χ2n) is 5.45. The molecule has 0 aliphatic rings. The molecule has 1 N–H and O–H groups in total. The van der Waals surface area contributed by atoms with Crippen molar-refractivity contribution in [2.45, 2.75) is 60.0 Å². The van der Waals surface area contributed by atoms with Gasteiger partial charge in [-0.1, -0.05) is 13.8 Å². The monoisotopic (exact) mass is 263 g/mol. The summed E-state index contributed by atoms with van der Waals surface area (Å²) >= 11 is 0. The minimum atomic E-state index is 0.496. The van der Waals surface area contributed by atoms with Gasteiger partial charge in [0.2, 0.25) is 0 Å². The molecule has 3 heteroatoms. The summed E-state index contributed by atoms with van der Waals surface area (Å²) in [5.74, 6) is 1.14. The van der Waals surface area contributed by atoms with Crippen LogP contribution >= 0.6 is 0 Å². The maximum atomic E-state index is 4.68. The van der Waals surface area contributed by atoms with Crippen LogP contribution in [0.15, 0.2) is 12.3 Å². The number of aromatic nitrogens is 1. The van der Waals surface area contributed by atoms with Crippen LogP contribution in [-0.4, -0.2) is 24.1 Å². The fourth-order valence-corrected chi connectivity index (χ4v) is 2.28. The molecule has 0 unspecified atom stereocenters. The first-order valence-corrected chi connectivity index (χ1v) is 7.53. The molecule has 0 amide bonds. The third kappa shape index (κ3) is 4.83. The van der Waals surface area contributed by atoms with Crippen molar-refractivity contribution in [2.75, 3.05) is 18.0 Å². The van der Waals surface area contributed by atoms with Gasteiger partial charge in [-0.2, -0.15) is 0 Å². The SMILES string of the molecule is CCCNCc1cnc(N(CCC)C(C)C)c(C)c1. The van der Waals surface area contributed by atoms with E-state index in [1.807, 2.05) is 6.20 Å². The van der Waals surface area contributed by atoms with Crippen LogP contribution in [0.4, 0.5) is 5.82 Å². The lowest BCUT2D eigenvalue weighted by atomic mass is 10.1. The highest BCUT2D eigenvalue weighted by atomic mass is 15.2. The Kier molecular flexibility index (Phi) is 6.85. The molecule has 1 rings (SSSR count). The number of hydrogen-bond donors (Lipinski definition) is 1. The smallest absolute Gasteiger partial charge is 0.131 e. The van der Waals surface area contributed by atoms with Crippen LogP contribution in [0, 0.1) is 6.92 Å². The van der Waals surface area contributed by atoms with E-state index in [0.717, 1.165) is 31.9 Å². The van der Waals surface area contributed by atoms with Gasteiger partial charge in [0.15, 0.2) is 0 Å². The molecule has 3 nitrogen and oxygen atoms in total. The van der Waals surface area contributed by atoms with Gasteiger partial charge in [-0.05, 0) is 57.4 Å². The van der Waals surface area contributed by atoms with E-state index in [1.165, 1.54) is 17.5 Å². The Morgan fingerprint density at radius 2 is 2.00 bits per heavy atom. The summed E-state index contributed by atoms with van der Waals surface area (Å²) in [5.41, 5.74) is 2.55. The van der Waals surface area contributed by atoms with Crippen molar-refractivity contribution in [2.24, 2.45) is 0 Å². The molecule has 19 heavy (non-hydrogen) atoms. The molecular formula is C16H29N3. The number of pyridine rings is 1. The van der Waals surface area contributed by atoms with Crippen LogP contribution in [0.2, 0.25) is 0 Å². The topological polar surface area (TPSA) is 28.2 Å². The van der Waals surface area contributed by atoms with Crippen molar-refractivity contribution in [1.82, 2.24) is 10.3 Å². The average molecular weight is 263 g/mol. The second kappa shape index (κ2) is 8.16. The first-order valence-electron chi connectivity index (χ1n) is 7.53. The minimum absolute atomic E-state index is 0.496. The lowest BCUT2D eigenvalue weighted by molar-refractivity contribution is 0.655. The van der Waals surface area contributed by atoms with E-state index in [-0.39, 0.29) is 0 Å². The standard InChI is InChI=1S/C16H29N3/c1-6-8-17-11-15-10-14(5)16(18-12-15)19(9-7-2)13(3)4/h10,12-13,17H,6-9,11H2,1-5H3. The molecule has 0 aliphatic heterocycles. The fourth-order valence-electron chi connectivity index (χ4n) is 2.28. The highest BCUT2D eigenvalue weighted by Gasteiger charge is 2.13. The lowest BCUT2D eigenvalue weighted by Gasteiger charge is -2.29. The van der Waals surface area contributed by atoms with Gasteiger partial charge < -0.3 is 10.2 Å². The second-order valence-corrected chi connectivity index (χ2v) is 5.45. The molecule has 1 heterocycles. The summed E-state index contributed by atoms with van der Waals surface area (Å²) in [6.07, 6.45) is 4.33.